The van der Waals surface area contributed by atoms with Gasteiger partial charge in [0.15, 0.2) is 0 Å². The summed E-state index contributed by atoms with van der Waals surface area (Å²) < 4.78 is 6.43. The molecule has 0 aromatic heterocycles. The SMILES string of the molecule is COc1ccc(Cl)cc1NC(=O)/C(C#N)=C/c1cc(I)c(O)c(I)c1. The van der Waals surface area contributed by atoms with Crippen LogP contribution in [0.2, 0.25) is 5.02 Å². The minimum absolute atomic E-state index is 0.0840. The second kappa shape index (κ2) is 8.73. The number of phenolic OH excluding ortho intramolecular Hbond substituents is 1. The van der Waals surface area contributed by atoms with E-state index in [4.69, 9.17) is 16.3 Å². The fourth-order valence-corrected chi connectivity index (χ4v) is 3.94. The summed E-state index contributed by atoms with van der Waals surface area (Å²) in [6.07, 6.45) is 1.45. The molecule has 0 saturated heterocycles. The lowest BCUT2D eigenvalue weighted by Gasteiger charge is -2.10. The molecule has 0 heterocycles. The van der Waals surface area contributed by atoms with Crippen LogP contribution in [-0.2, 0) is 4.79 Å². The Morgan fingerprint density at radius 3 is 2.52 bits per heavy atom. The molecular formula is C17H11ClI2N2O3. The molecule has 128 valence electrons. The van der Waals surface area contributed by atoms with Gasteiger partial charge in [0.1, 0.15) is 23.1 Å². The van der Waals surface area contributed by atoms with Gasteiger partial charge in [0.2, 0.25) is 0 Å². The van der Waals surface area contributed by atoms with Crippen molar-refractivity contribution >= 4 is 74.5 Å². The highest BCUT2D eigenvalue weighted by molar-refractivity contribution is 14.1. The Morgan fingerprint density at radius 1 is 1.32 bits per heavy atom. The van der Waals surface area contributed by atoms with Crippen molar-refractivity contribution in [2.24, 2.45) is 0 Å². The third-order valence-corrected chi connectivity index (χ3v) is 5.00. The number of nitriles is 1. The summed E-state index contributed by atoms with van der Waals surface area (Å²) >= 11 is 9.91. The number of hydrogen-bond donors (Lipinski definition) is 2. The number of halogens is 3. The number of aromatic hydroxyl groups is 1. The number of hydrogen-bond acceptors (Lipinski definition) is 4. The van der Waals surface area contributed by atoms with Crippen molar-refractivity contribution in [2.45, 2.75) is 0 Å². The lowest BCUT2D eigenvalue weighted by Crippen LogP contribution is -2.14. The summed E-state index contributed by atoms with van der Waals surface area (Å²) in [5, 5.41) is 22.2. The van der Waals surface area contributed by atoms with E-state index in [2.05, 4.69) is 5.32 Å². The number of carbonyl (C=O) groups excluding carboxylic acids is 1. The van der Waals surface area contributed by atoms with E-state index in [1.54, 1.807) is 30.3 Å². The molecule has 2 N–H and O–H groups in total. The average molecular weight is 581 g/mol. The van der Waals surface area contributed by atoms with Gasteiger partial charge in [-0.25, -0.2) is 0 Å². The third-order valence-electron chi connectivity index (χ3n) is 3.13. The van der Waals surface area contributed by atoms with E-state index in [0.29, 0.717) is 29.2 Å². The molecule has 0 spiro atoms. The highest BCUT2D eigenvalue weighted by atomic mass is 127. The van der Waals surface area contributed by atoms with E-state index in [-0.39, 0.29) is 11.3 Å². The Balaban J connectivity index is 2.34. The number of nitrogens with one attached hydrogen (secondary N) is 1. The van der Waals surface area contributed by atoms with Crippen molar-refractivity contribution in [2.75, 3.05) is 12.4 Å². The van der Waals surface area contributed by atoms with Gasteiger partial charge in [-0.3, -0.25) is 4.79 Å². The van der Waals surface area contributed by atoms with Crippen LogP contribution in [0.4, 0.5) is 5.69 Å². The first kappa shape index (κ1) is 19.8. The molecule has 0 saturated carbocycles. The number of benzene rings is 2. The van der Waals surface area contributed by atoms with E-state index in [1.807, 2.05) is 51.3 Å². The van der Waals surface area contributed by atoms with E-state index >= 15 is 0 Å². The van der Waals surface area contributed by atoms with Crippen molar-refractivity contribution in [3.63, 3.8) is 0 Å². The van der Waals surface area contributed by atoms with Crippen molar-refractivity contribution in [1.29, 1.82) is 5.26 Å². The van der Waals surface area contributed by atoms with Gasteiger partial charge in [-0.2, -0.15) is 5.26 Å². The molecule has 0 atom stereocenters. The van der Waals surface area contributed by atoms with Gasteiger partial charge in [-0.15, -0.1) is 0 Å². The number of methoxy groups -OCH3 is 1. The second-order valence-electron chi connectivity index (χ2n) is 4.80. The van der Waals surface area contributed by atoms with Gasteiger partial charge in [0.05, 0.1) is 19.9 Å². The van der Waals surface area contributed by atoms with Crippen molar-refractivity contribution in [1.82, 2.24) is 0 Å². The molecule has 0 radical (unpaired) electrons. The first-order chi connectivity index (χ1) is 11.8. The molecule has 5 nitrogen and oxygen atoms in total. The molecule has 2 aromatic rings. The zero-order valence-electron chi connectivity index (χ0n) is 12.8. The summed E-state index contributed by atoms with van der Waals surface area (Å²) in [7, 11) is 1.47. The highest BCUT2D eigenvalue weighted by Crippen LogP contribution is 2.30. The summed E-state index contributed by atoms with van der Waals surface area (Å²) in [5.74, 6) is 0.0231. The van der Waals surface area contributed by atoms with Crippen molar-refractivity contribution in [3.8, 4) is 17.6 Å². The maximum atomic E-state index is 12.4. The normalized spacial score (nSPS) is 10.9. The first-order valence-electron chi connectivity index (χ1n) is 6.80. The predicted octanol–water partition coefficient (Wildman–Crippen LogP) is 4.81. The first-order valence-corrected chi connectivity index (χ1v) is 9.34. The summed E-state index contributed by atoms with van der Waals surface area (Å²) in [6.45, 7) is 0. The molecule has 2 rings (SSSR count). The molecule has 1 amide bonds. The molecule has 0 bridgehead atoms. The Hall–Kier alpha value is -1.51. The molecule has 0 aliphatic carbocycles. The second-order valence-corrected chi connectivity index (χ2v) is 7.56. The van der Waals surface area contributed by atoms with Gasteiger partial charge < -0.3 is 15.2 Å². The largest absolute Gasteiger partial charge is 0.506 e. The minimum Gasteiger partial charge on any atom is -0.506 e. The molecule has 0 unspecified atom stereocenters. The lowest BCUT2D eigenvalue weighted by molar-refractivity contribution is -0.112. The van der Waals surface area contributed by atoms with E-state index in [9.17, 15) is 15.2 Å². The Labute approximate surface area is 176 Å². The molecule has 0 aliphatic rings. The molecular weight excluding hydrogens is 569 g/mol. The lowest BCUT2D eigenvalue weighted by atomic mass is 10.1. The number of ether oxygens (including phenoxy) is 1. The Kier molecular flexibility index (Phi) is 6.92. The smallest absolute Gasteiger partial charge is 0.266 e. The predicted molar refractivity (Wildman–Crippen MR) is 114 cm³/mol. The van der Waals surface area contributed by atoms with Crippen molar-refractivity contribution < 1.29 is 14.6 Å². The van der Waals surface area contributed by atoms with Crippen LogP contribution in [0.15, 0.2) is 35.9 Å². The summed E-state index contributed by atoms with van der Waals surface area (Å²) in [4.78, 5) is 12.4. The molecule has 0 aliphatic heterocycles. The van der Waals surface area contributed by atoms with Crippen LogP contribution in [0.25, 0.3) is 6.08 Å². The van der Waals surface area contributed by atoms with Crippen LogP contribution in [0.5, 0.6) is 11.5 Å². The van der Waals surface area contributed by atoms with Crippen molar-refractivity contribution in [3.05, 3.63) is 53.6 Å². The Bertz CT molecular complexity index is 884. The maximum Gasteiger partial charge on any atom is 0.266 e. The van der Waals surface area contributed by atoms with Gasteiger partial charge in [-0.05, 0) is 87.2 Å². The molecule has 2 aromatic carbocycles. The van der Waals surface area contributed by atoms with Crippen LogP contribution in [0.1, 0.15) is 5.56 Å². The topological polar surface area (TPSA) is 82.3 Å². The number of amides is 1. The number of nitrogens with zero attached hydrogens (tertiary/aromatic N) is 1. The number of phenols is 1. The van der Waals surface area contributed by atoms with Crippen LogP contribution < -0.4 is 10.1 Å². The third kappa shape index (κ3) is 4.99. The van der Waals surface area contributed by atoms with E-state index in [0.717, 1.165) is 0 Å². The molecule has 25 heavy (non-hydrogen) atoms. The number of carbonyl (C=O) groups is 1. The van der Waals surface area contributed by atoms with E-state index in [1.165, 1.54) is 13.2 Å². The summed E-state index contributed by atoms with van der Waals surface area (Å²) in [6, 6.07) is 10.1. The van der Waals surface area contributed by atoms with Gasteiger partial charge in [-0.1, -0.05) is 11.6 Å². The zero-order chi connectivity index (χ0) is 18.6. The molecule has 0 fully saturated rings. The molecule has 8 heteroatoms. The zero-order valence-corrected chi connectivity index (χ0v) is 17.9. The van der Waals surface area contributed by atoms with Crippen LogP contribution in [0, 0.1) is 18.5 Å². The minimum atomic E-state index is -0.582. The summed E-state index contributed by atoms with van der Waals surface area (Å²) in [5.41, 5.74) is 0.923. The quantitative estimate of drug-likeness (QED) is 0.309. The monoisotopic (exact) mass is 580 g/mol. The fraction of sp³-hybridized carbons (Fsp3) is 0.0588. The number of anilines is 1. The Morgan fingerprint density at radius 2 is 1.96 bits per heavy atom. The van der Waals surface area contributed by atoms with Crippen LogP contribution in [-0.4, -0.2) is 18.1 Å². The maximum absolute atomic E-state index is 12.4. The standard InChI is InChI=1S/C17H11ClI2N2O3/c1-25-15-3-2-11(18)7-14(15)22-17(24)10(8-21)4-9-5-12(19)16(23)13(20)6-9/h2-7,23H,1H3,(H,22,24)/b10-4+. The van der Waals surface area contributed by atoms with Gasteiger partial charge in [0, 0.05) is 5.02 Å². The average Bonchev–Trinajstić information content (AvgIpc) is 2.57. The number of rotatable bonds is 4. The van der Waals surface area contributed by atoms with Crippen LogP contribution in [0.3, 0.4) is 0 Å². The van der Waals surface area contributed by atoms with Gasteiger partial charge >= 0.3 is 0 Å². The van der Waals surface area contributed by atoms with Crippen LogP contribution >= 0.6 is 56.8 Å². The van der Waals surface area contributed by atoms with E-state index < -0.39 is 5.91 Å². The fourth-order valence-electron chi connectivity index (χ4n) is 1.95. The van der Waals surface area contributed by atoms with Gasteiger partial charge in [0.25, 0.3) is 5.91 Å². The highest BCUT2D eigenvalue weighted by Gasteiger charge is 2.14.